The predicted molar refractivity (Wildman–Crippen MR) is 172 cm³/mol. The van der Waals surface area contributed by atoms with Gasteiger partial charge in [0.1, 0.15) is 11.9 Å². The molecular formula is C33H37N7O7. The number of hydrogen-bond donors (Lipinski definition) is 3. The topological polar surface area (TPSA) is 170 Å². The van der Waals surface area contributed by atoms with E-state index in [4.69, 9.17) is 9.47 Å². The maximum atomic E-state index is 13.4. The maximum absolute atomic E-state index is 13.4. The summed E-state index contributed by atoms with van der Waals surface area (Å²) in [7, 11) is 1.54. The van der Waals surface area contributed by atoms with Crippen LogP contribution in [0.4, 0.5) is 0 Å². The van der Waals surface area contributed by atoms with Gasteiger partial charge in [-0.3, -0.25) is 24.2 Å². The Labute approximate surface area is 270 Å². The van der Waals surface area contributed by atoms with Crippen molar-refractivity contribution >= 4 is 17.7 Å². The van der Waals surface area contributed by atoms with E-state index in [1.54, 1.807) is 19.4 Å². The zero-order valence-electron chi connectivity index (χ0n) is 26.0. The van der Waals surface area contributed by atoms with Gasteiger partial charge in [0.2, 0.25) is 17.7 Å². The van der Waals surface area contributed by atoms with Gasteiger partial charge in [-0.15, -0.1) is 0 Å². The number of nitrogens with zero attached hydrogens (tertiary/aromatic N) is 4. The minimum absolute atomic E-state index is 0.00184. The molecule has 2 aromatic heterocycles. The summed E-state index contributed by atoms with van der Waals surface area (Å²) in [5.41, 5.74) is 0.480. The van der Waals surface area contributed by atoms with E-state index in [1.807, 2.05) is 53.2 Å². The number of aromatic nitrogens is 4. The van der Waals surface area contributed by atoms with Crippen molar-refractivity contribution in [2.75, 3.05) is 33.4 Å². The molecule has 3 N–H and O–H groups in total. The third kappa shape index (κ3) is 8.75. The molecule has 1 atom stereocenters. The molecule has 3 heterocycles. The average Bonchev–Trinajstić information content (AvgIpc) is 3.53. The first-order chi connectivity index (χ1) is 22.8. The molecule has 0 unspecified atom stereocenters. The summed E-state index contributed by atoms with van der Waals surface area (Å²) in [4.78, 5) is 71.8. The average molecular weight is 644 g/mol. The second kappa shape index (κ2) is 15.6. The van der Waals surface area contributed by atoms with Crippen LogP contribution >= 0.6 is 0 Å². The van der Waals surface area contributed by atoms with Crippen molar-refractivity contribution in [2.24, 2.45) is 0 Å². The number of H-pyrrole nitrogens is 1. The highest BCUT2D eigenvalue weighted by molar-refractivity contribution is 5.90. The Kier molecular flexibility index (Phi) is 10.8. The number of nitrogens with one attached hydrogen (secondary N) is 3. The maximum Gasteiger partial charge on any atom is 0.328 e. The van der Waals surface area contributed by atoms with Gasteiger partial charge in [0.05, 0.1) is 20.3 Å². The summed E-state index contributed by atoms with van der Waals surface area (Å²) in [6.45, 7) is 0.761. The number of fused-ring (bicyclic) bond motifs is 4. The van der Waals surface area contributed by atoms with E-state index in [0.717, 1.165) is 11.1 Å². The fourth-order valence-corrected chi connectivity index (χ4v) is 5.30. The molecule has 2 aromatic carbocycles. The lowest BCUT2D eigenvalue weighted by atomic mass is 10.1. The molecule has 2 bridgehead atoms. The van der Waals surface area contributed by atoms with Gasteiger partial charge >= 0.3 is 5.69 Å². The number of hydrogen-bond acceptors (Lipinski definition) is 8. The highest BCUT2D eigenvalue weighted by atomic mass is 16.5. The van der Waals surface area contributed by atoms with Crippen molar-refractivity contribution in [1.29, 1.82) is 0 Å². The standard InChI is InChI=1S/C33H37N7O7/c1-46-26-9-8-24-21-27(26)47-19-5-14-40(30(43)11-16-39-15-10-28(41)37-33(39)45)22-29(42)36-25(20-23-6-3-2-4-7-23)32(44)35-13-18-38-17-12-34-31(24)38/h2-4,6-10,12,15,17,21,25H,5,11,13-14,16,18-20,22H2,1H3,(H,35,44)(H,36,42)(H,37,41,45)/t25-/m0/s1. The molecule has 0 fully saturated rings. The molecule has 0 radical (unpaired) electrons. The predicted octanol–water partition coefficient (Wildman–Crippen LogP) is 0.954. The van der Waals surface area contributed by atoms with Gasteiger partial charge < -0.3 is 34.1 Å². The van der Waals surface area contributed by atoms with Crippen molar-refractivity contribution in [3.05, 3.63) is 99.6 Å². The first kappa shape index (κ1) is 32.7. The molecule has 246 valence electrons. The SMILES string of the molecule is COc1ccc2cc1OCCCN(C(=O)CCn1ccc(=O)[nH]c1=O)CC(=O)N[C@@H](Cc1ccccc1)C(=O)NCCn1ccnc1-2. The normalized spacial score (nSPS) is 16.1. The number of rotatable bonds is 6. The van der Waals surface area contributed by atoms with Crippen LogP contribution in [0.25, 0.3) is 11.4 Å². The first-order valence-corrected chi connectivity index (χ1v) is 15.3. The molecule has 14 heteroatoms. The summed E-state index contributed by atoms with van der Waals surface area (Å²) < 4.78 is 14.7. The number of benzene rings is 2. The van der Waals surface area contributed by atoms with E-state index in [0.29, 0.717) is 30.3 Å². The Morgan fingerprint density at radius 1 is 1.04 bits per heavy atom. The van der Waals surface area contributed by atoms with Crippen molar-refractivity contribution in [1.82, 2.24) is 34.6 Å². The zero-order valence-corrected chi connectivity index (χ0v) is 26.0. The van der Waals surface area contributed by atoms with Crippen LogP contribution in [-0.2, 0) is 33.9 Å². The van der Waals surface area contributed by atoms with Gasteiger partial charge in [-0.25, -0.2) is 9.78 Å². The molecule has 3 amide bonds. The second-order valence-corrected chi connectivity index (χ2v) is 11.0. The fourth-order valence-electron chi connectivity index (χ4n) is 5.30. The van der Waals surface area contributed by atoms with Crippen LogP contribution in [0, 0.1) is 0 Å². The van der Waals surface area contributed by atoms with E-state index in [-0.39, 0.29) is 57.4 Å². The Hall–Kier alpha value is -5.66. The molecule has 0 saturated carbocycles. The number of carbonyl (C=O) groups excluding carboxylic acids is 3. The molecule has 5 rings (SSSR count). The van der Waals surface area contributed by atoms with Crippen molar-refractivity contribution < 1.29 is 23.9 Å². The lowest BCUT2D eigenvalue weighted by Crippen LogP contribution is -2.51. The third-order valence-electron chi connectivity index (χ3n) is 7.70. The first-order valence-electron chi connectivity index (χ1n) is 15.3. The summed E-state index contributed by atoms with van der Waals surface area (Å²) in [5, 5.41) is 5.75. The van der Waals surface area contributed by atoms with Crippen LogP contribution in [-0.4, -0.2) is 81.1 Å². The van der Waals surface area contributed by atoms with Crippen LogP contribution in [0.5, 0.6) is 11.5 Å². The number of methoxy groups -OCH3 is 1. The highest BCUT2D eigenvalue weighted by Gasteiger charge is 2.24. The van der Waals surface area contributed by atoms with Crippen LogP contribution in [0.3, 0.4) is 0 Å². The Bertz CT molecular complexity index is 1820. The van der Waals surface area contributed by atoms with Crippen LogP contribution in [0.15, 0.2) is 82.8 Å². The molecule has 14 nitrogen and oxygen atoms in total. The number of aromatic amines is 1. The minimum atomic E-state index is -0.893. The van der Waals surface area contributed by atoms with Crippen LogP contribution in [0.2, 0.25) is 0 Å². The monoisotopic (exact) mass is 643 g/mol. The fraction of sp³-hybridized carbons (Fsp3) is 0.333. The largest absolute Gasteiger partial charge is 0.493 e. The minimum Gasteiger partial charge on any atom is -0.493 e. The molecule has 1 aliphatic heterocycles. The number of imidazole rings is 1. The summed E-state index contributed by atoms with van der Waals surface area (Å²) in [6.07, 6.45) is 5.34. The van der Waals surface area contributed by atoms with Crippen LogP contribution < -0.4 is 31.4 Å². The summed E-state index contributed by atoms with van der Waals surface area (Å²) in [5.74, 6) is 0.440. The van der Waals surface area contributed by atoms with Gasteiger partial charge in [0.25, 0.3) is 5.56 Å². The number of amides is 3. The molecule has 1 aliphatic rings. The number of aryl methyl sites for hydroxylation is 1. The van der Waals surface area contributed by atoms with E-state index in [2.05, 4.69) is 20.6 Å². The molecular weight excluding hydrogens is 606 g/mol. The molecule has 0 aliphatic carbocycles. The molecule has 0 spiro atoms. The van der Waals surface area contributed by atoms with Crippen molar-refractivity contribution in [3.8, 4) is 22.9 Å². The van der Waals surface area contributed by atoms with Crippen molar-refractivity contribution in [3.63, 3.8) is 0 Å². The molecule has 4 aromatic rings. The summed E-state index contributed by atoms with van der Waals surface area (Å²) in [6, 6.07) is 15.1. The van der Waals surface area contributed by atoms with E-state index < -0.39 is 23.2 Å². The van der Waals surface area contributed by atoms with E-state index >= 15 is 0 Å². The van der Waals surface area contributed by atoms with Gasteiger partial charge in [0.15, 0.2) is 11.5 Å². The third-order valence-corrected chi connectivity index (χ3v) is 7.70. The van der Waals surface area contributed by atoms with Gasteiger partial charge in [0, 0.05) is 69.2 Å². The Morgan fingerprint density at radius 3 is 2.66 bits per heavy atom. The lowest BCUT2D eigenvalue weighted by Gasteiger charge is -2.25. The van der Waals surface area contributed by atoms with Gasteiger partial charge in [-0.1, -0.05) is 30.3 Å². The quantitative estimate of drug-likeness (QED) is 0.279. The van der Waals surface area contributed by atoms with Gasteiger partial charge in [-0.05, 0) is 30.2 Å². The van der Waals surface area contributed by atoms with Gasteiger partial charge in [-0.2, -0.15) is 0 Å². The Balaban J connectivity index is 1.39. The smallest absolute Gasteiger partial charge is 0.328 e. The van der Waals surface area contributed by atoms with E-state index in [1.165, 1.54) is 21.7 Å². The molecule has 47 heavy (non-hydrogen) atoms. The van der Waals surface area contributed by atoms with Crippen LogP contribution in [0.1, 0.15) is 18.4 Å². The second-order valence-electron chi connectivity index (χ2n) is 11.0. The lowest BCUT2D eigenvalue weighted by molar-refractivity contribution is -0.137. The molecule has 0 saturated heterocycles. The summed E-state index contributed by atoms with van der Waals surface area (Å²) >= 11 is 0. The highest BCUT2D eigenvalue weighted by Crippen LogP contribution is 2.32. The number of ether oxygens (including phenoxy) is 2. The number of carbonyl (C=O) groups is 3. The van der Waals surface area contributed by atoms with E-state index in [9.17, 15) is 24.0 Å². The zero-order chi connectivity index (χ0) is 33.2. The Morgan fingerprint density at radius 2 is 1.87 bits per heavy atom. The van der Waals surface area contributed by atoms with Crippen molar-refractivity contribution in [2.45, 2.75) is 38.4 Å².